The molecule has 1 aromatic carbocycles. The van der Waals surface area contributed by atoms with E-state index in [0.29, 0.717) is 24.2 Å². The number of hydrogen-bond acceptors (Lipinski definition) is 4. The number of nitrogens with one attached hydrogen (secondary N) is 1. The van der Waals surface area contributed by atoms with Crippen LogP contribution in [0.3, 0.4) is 0 Å². The number of rotatable bonds is 2. The number of amides is 1. The average molecular weight is 323 g/mol. The SMILES string of the molecule is CN1C(=N)C[C@](C)(c2cc(-c3cccc(C#N)c3)cs2)CC1=O. The molecule has 5 heteroatoms. The first kappa shape index (κ1) is 15.4. The number of amidine groups is 1. The molecule has 1 aromatic heterocycles. The summed E-state index contributed by atoms with van der Waals surface area (Å²) in [5, 5.41) is 19.1. The fraction of sp³-hybridized carbons (Fsp3) is 0.278. The molecule has 116 valence electrons. The molecule has 23 heavy (non-hydrogen) atoms. The minimum Gasteiger partial charge on any atom is -0.304 e. The van der Waals surface area contributed by atoms with Gasteiger partial charge in [0.25, 0.3) is 0 Å². The molecule has 2 heterocycles. The van der Waals surface area contributed by atoms with Crippen LogP contribution in [0, 0.1) is 16.7 Å². The first-order valence-corrected chi connectivity index (χ1v) is 8.24. The van der Waals surface area contributed by atoms with Crippen molar-refractivity contribution in [3.8, 4) is 17.2 Å². The Kier molecular flexibility index (Phi) is 3.78. The summed E-state index contributed by atoms with van der Waals surface area (Å²) in [4.78, 5) is 14.7. The first-order valence-electron chi connectivity index (χ1n) is 7.36. The van der Waals surface area contributed by atoms with Crippen molar-refractivity contribution in [2.45, 2.75) is 25.2 Å². The van der Waals surface area contributed by atoms with Crippen LogP contribution in [0.2, 0.25) is 0 Å². The summed E-state index contributed by atoms with van der Waals surface area (Å²) >= 11 is 1.62. The van der Waals surface area contributed by atoms with Gasteiger partial charge in [-0.3, -0.25) is 10.2 Å². The van der Waals surface area contributed by atoms with Crippen molar-refractivity contribution >= 4 is 23.1 Å². The monoisotopic (exact) mass is 323 g/mol. The predicted octanol–water partition coefficient (Wildman–Crippen LogP) is 3.77. The van der Waals surface area contributed by atoms with Crippen LogP contribution in [-0.4, -0.2) is 23.7 Å². The second kappa shape index (κ2) is 5.64. The second-order valence-corrected chi connectivity index (χ2v) is 7.12. The van der Waals surface area contributed by atoms with E-state index in [1.807, 2.05) is 25.1 Å². The number of benzene rings is 1. The number of hydrogen-bond donors (Lipinski definition) is 1. The van der Waals surface area contributed by atoms with E-state index in [9.17, 15) is 4.79 Å². The van der Waals surface area contributed by atoms with Crippen LogP contribution in [0.1, 0.15) is 30.2 Å². The fourth-order valence-electron chi connectivity index (χ4n) is 2.90. The first-order chi connectivity index (χ1) is 10.9. The number of carbonyl (C=O) groups is 1. The number of nitriles is 1. The summed E-state index contributed by atoms with van der Waals surface area (Å²) in [5.74, 6) is 0.357. The molecular weight excluding hydrogens is 306 g/mol. The molecule has 1 amide bonds. The van der Waals surface area contributed by atoms with E-state index in [1.54, 1.807) is 24.5 Å². The van der Waals surface area contributed by atoms with E-state index in [-0.39, 0.29) is 11.3 Å². The van der Waals surface area contributed by atoms with Crippen molar-refractivity contribution in [1.29, 1.82) is 10.7 Å². The molecule has 1 N–H and O–H groups in total. The molecule has 0 unspecified atom stereocenters. The number of nitrogens with zero attached hydrogens (tertiary/aromatic N) is 2. The Labute approximate surface area is 139 Å². The van der Waals surface area contributed by atoms with Crippen LogP contribution < -0.4 is 0 Å². The maximum absolute atomic E-state index is 12.1. The topological polar surface area (TPSA) is 68.0 Å². The Morgan fingerprint density at radius 1 is 1.30 bits per heavy atom. The van der Waals surface area contributed by atoms with Gasteiger partial charge in [-0.25, -0.2) is 0 Å². The number of piperidine rings is 1. The van der Waals surface area contributed by atoms with Crippen molar-refractivity contribution in [2.75, 3.05) is 7.05 Å². The van der Waals surface area contributed by atoms with Gasteiger partial charge in [0, 0.05) is 30.2 Å². The van der Waals surface area contributed by atoms with Crippen LogP contribution >= 0.6 is 11.3 Å². The predicted molar refractivity (Wildman–Crippen MR) is 91.6 cm³/mol. The third-order valence-electron chi connectivity index (χ3n) is 4.40. The summed E-state index contributed by atoms with van der Waals surface area (Å²) in [6.07, 6.45) is 0.984. The van der Waals surface area contributed by atoms with Crippen LogP contribution in [-0.2, 0) is 10.2 Å². The van der Waals surface area contributed by atoms with E-state index >= 15 is 0 Å². The third-order valence-corrected chi connectivity index (χ3v) is 5.63. The highest BCUT2D eigenvalue weighted by molar-refractivity contribution is 7.10. The van der Waals surface area contributed by atoms with Gasteiger partial charge in [-0.15, -0.1) is 11.3 Å². The van der Waals surface area contributed by atoms with Crippen LogP contribution in [0.25, 0.3) is 11.1 Å². The molecule has 0 radical (unpaired) electrons. The smallest absolute Gasteiger partial charge is 0.228 e. The third kappa shape index (κ3) is 2.78. The normalized spacial score (nSPS) is 21.3. The number of thiophene rings is 1. The molecule has 1 aliphatic rings. The lowest BCUT2D eigenvalue weighted by atomic mass is 9.78. The van der Waals surface area contributed by atoms with Crippen LogP contribution in [0.4, 0.5) is 0 Å². The zero-order valence-corrected chi connectivity index (χ0v) is 13.9. The van der Waals surface area contributed by atoms with Gasteiger partial charge in [0.05, 0.1) is 11.6 Å². The minimum absolute atomic E-state index is 0.00909. The van der Waals surface area contributed by atoms with Crippen molar-refractivity contribution in [3.05, 3.63) is 46.2 Å². The molecule has 0 spiro atoms. The van der Waals surface area contributed by atoms with Crippen molar-refractivity contribution in [1.82, 2.24) is 4.90 Å². The highest BCUT2D eigenvalue weighted by Crippen LogP contribution is 2.41. The number of carbonyl (C=O) groups excluding carboxylic acids is 1. The van der Waals surface area contributed by atoms with Gasteiger partial charge in [-0.1, -0.05) is 19.1 Å². The Balaban J connectivity index is 1.94. The van der Waals surface area contributed by atoms with Crippen molar-refractivity contribution < 1.29 is 4.79 Å². The maximum Gasteiger partial charge on any atom is 0.228 e. The van der Waals surface area contributed by atoms with Gasteiger partial charge in [0.2, 0.25) is 5.91 Å². The Bertz CT molecular complexity index is 813. The summed E-state index contributed by atoms with van der Waals surface area (Å²) < 4.78 is 0. The van der Waals surface area contributed by atoms with Crippen molar-refractivity contribution in [3.63, 3.8) is 0 Å². The van der Waals surface area contributed by atoms with Gasteiger partial charge in [0.15, 0.2) is 0 Å². The Hall–Kier alpha value is -2.45. The fourth-order valence-corrected chi connectivity index (χ4v) is 3.98. The molecule has 4 nitrogen and oxygen atoms in total. The molecule has 2 aromatic rings. The molecular formula is C18H17N3OS. The van der Waals surface area contributed by atoms with Gasteiger partial charge >= 0.3 is 0 Å². The van der Waals surface area contributed by atoms with Crippen LogP contribution in [0.5, 0.6) is 0 Å². The zero-order chi connectivity index (χ0) is 16.6. The standard InChI is InChI=1S/C18H17N3OS/c1-18(8-16(20)21(2)17(22)9-18)15-7-14(11-23-15)13-5-3-4-12(6-13)10-19/h3-7,11,20H,8-9H2,1-2H3/t18-/m0/s1. The lowest BCUT2D eigenvalue weighted by Crippen LogP contribution is -2.46. The quantitative estimate of drug-likeness (QED) is 0.914. The summed E-state index contributed by atoms with van der Waals surface area (Å²) in [6, 6.07) is 11.8. The molecule has 1 fully saturated rings. The molecule has 1 aliphatic heterocycles. The summed E-state index contributed by atoms with van der Waals surface area (Å²) in [7, 11) is 1.66. The van der Waals surface area contributed by atoms with Gasteiger partial charge < -0.3 is 4.90 Å². The summed E-state index contributed by atoms with van der Waals surface area (Å²) in [6.45, 7) is 2.05. The lowest BCUT2D eigenvalue weighted by Gasteiger charge is -2.36. The Morgan fingerprint density at radius 2 is 2.09 bits per heavy atom. The molecule has 1 atom stereocenters. The highest BCUT2D eigenvalue weighted by Gasteiger charge is 2.39. The van der Waals surface area contributed by atoms with E-state index in [4.69, 9.17) is 10.7 Å². The minimum atomic E-state index is -0.323. The van der Waals surface area contributed by atoms with Crippen LogP contribution in [0.15, 0.2) is 35.7 Å². The second-order valence-electron chi connectivity index (χ2n) is 6.21. The maximum atomic E-state index is 12.1. The molecule has 1 saturated heterocycles. The zero-order valence-electron chi connectivity index (χ0n) is 13.1. The largest absolute Gasteiger partial charge is 0.304 e. The van der Waals surface area contributed by atoms with E-state index < -0.39 is 0 Å². The lowest BCUT2D eigenvalue weighted by molar-refractivity contribution is -0.128. The van der Waals surface area contributed by atoms with E-state index in [1.165, 1.54) is 4.90 Å². The average Bonchev–Trinajstić information content (AvgIpc) is 3.03. The molecule has 3 rings (SSSR count). The van der Waals surface area contributed by atoms with Gasteiger partial charge in [0.1, 0.15) is 5.84 Å². The number of likely N-dealkylation sites (tertiary alicyclic amines) is 1. The van der Waals surface area contributed by atoms with E-state index in [2.05, 4.69) is 17.5 Å². The van der Waals surface area contributed by atoms with Gasteiger partial charge in [-0.05, 0) is 34.7 Å². The molecule has 0 saturated carbocycles. The summed E-state index contributed by atoms with van der Waals surface area (Å²) in [5.41, 5.74) is 2.37. The van der Waals surface area contributed by atoms with Crippen molar-refractivity contribution in [2.24, 2.45) is 0 Å². The highest BCUT2D eigenvalue weighted by atomic mass is 32.1. The van der Waals surface area contributed by atoms with Gasteiger partial charge in [-0.2, -0.15) is 5.26 Å². The molecule has 0 aliphatic carbocycles. The Morgan fingerprint density at radius 3 is 2.78 bits per heavy atom. The van der Waals surface area contributed by atoms with E-state index in [0.717, 1.165) is 16.0 Å². The molecule has 0 bridgehead atoms.